The molecule has 0 radical (unpaired) electrons. The zero-order valence-corrected chi connectivity index (χ0v) is 7.49. The maximum absolute atomic E-state index is 9.45. The Labute approximate surface area is 76.8 Å². The van der Waals surface area contributed by atoms with Crippen LogP contribution in [0.15, 0.2) is 12.1 Å². The molecule has 0 heterocycles. The van der Waals surface area contributed by atoms with Gasteiger partial charge in [-0.2, -0.15) is 0 Å². The smallest absolute Gasteiger partial charge is 0.139 e. The van der Waals surface area contributed by atoms with Gasteiger partial charge in [-0.05, 0) is 18.6 Å². The molecule has 1 atom stereocenters. The van der Waals surface area contributed by atoms with Gasteiger partial charge in [-0.3, -0.25) is 0 Å². The summed E-state index contributed by atoms with van der Waals surface area (Å²) in [7, 11) is 0. The van der Waals surface area contributed by atoms with Crippen LogP contribution in [0.2, 0.25) is 0 Å². The predicted molar refractivity (Wildman–Crippen MR) is 51.4 cm³/mol. The van der Waals surface area contributed by atoms with Crippen LogP contribution in [0.5, 0.6) is 11.5 Å². The van der Waals surface area contributed by atoms with Gasteiger partial charge in [0.05, 0.1) is 5.69 Å². The van der Waals surface area contributed by atoms with Crippen LogP contribution >= 0.6 is 0 Å². The van der Waals surface area contributed by atoms with Crippen molar-refractivity contribution in [2.24, 2.45) is 5.73 Å². The van der Waals surface area contributed by atoms with Crippen molar-refractivity contribution < 1.29 is 10.2 Å². The van der Waals surface area contributed by atoms with Crippen LogP contribution in [0.1, 0.15) is 24.9 Å². The van der Waals surface area contributed by atoms with Crippen LogP contribution in [-0.2, 0) is 0 Å². The molecule has 0 aliphatic heterocycles. The minimum absolute atomic E-state index is 0.0321. The fourth-order valence-corrected chi connectivity index (χ4v) is 1.21. The largest absolute Gasteiger partial charge is 0.508 e. The zero-order chi connectivity index (χ0) is 10.0. The Morgan fingerprint density at radius 1 is 1.31 bits per heavy atom. The molecule has 13 heavy (non-hydrogen) atoms. The topological polar surface area (TPSA) is 92.5 Å². The lowest BCUT2D eigenvalue weighted by Crippen LogP contribution is -2.11. The van der Waals surface area contributed by atoms with E-state index in [-0.39, 0.29) is 23.2 Å². The molecule has 4 heteroatoms. The molecular weight excluding hydrogens is 168 g/mol. The van der Waals surface area contributed by atoms with Gasteiger partial charge in [-0.25, -0.2) is 0 Å². The highest BCUT2D eigenvalue weighted by Gasteiger charge is 2.15. The lowest BCUT2D eigenvalue weighted by Gasteiger charge is -2.14. The van der Waals surface area contributed by atoms with Crippen molar-refractivity contribution in [1.82, 2.24) is 0 Å². The first-order valence-electron chi connectivity index (χ1n) is 4.13. The molecule has 0 aliphatic rings. The Morgan fingerprint density at radius 2 is 1.85 bits per heavy atom. The lowest BCUT2D eigenvalue weighted by molar-refractivity contribution is 0.450. The third kappa shape index (κ3) is 1.67. The van der Waals surface area contributed by atoms with Gasteiger partial charge in [0.25, 0.3) is 0 Å². The highest BCUT2D eigenvalue weighted by Crippen LogP contribution is 2.35. The zero-order valence-electron chi connectivity index (χ0n) is 7.49. The summed E-state index contributed by atoms with van der Waals surface area (Å²) in [5.41, 5.74) is 11.9. The summed E-state index contributed by atoms with van der Waals surface area (Å²) in [6, 6.07) is 2.39. The van der Waals surface area contributed by atoms with Crippen molar-refractivity contribution in [2.75, 3.05) is 5.73 Å². The van der Waals surface area contributed by atoms with Crippen LogP contribution in [0.25, 0.3) is 0 Å². The molecule has 0 amide bonds. The number of nitrogens with two attached hydrogens (primary N) is 2. The second-order valence-corrected chi connectivity index (χ2v) is 2.95. The molecule has 1 aromatic rings. The molecule has 0 aromatic heterocycles. The second-order valence-electron chi connectivity index (χ2n) is 2.95. The van der Waals surface area contributed by atoms with Crippen molar-refractivity contribution in [3.8, 4) is 11.5 Å². The van der Waals surface area contributed by atoms with E-state index in [9.17, 15) is 10.2 Å². The Balaban J connectivity index is 3.25. The van der Waals surface area contributed by atoms with E-state index >= 15 is 0 Å². The quantitative estimate of drug-likeness (QED) is 0.313. The van der Waals surface area contributed by atoms with E-state index in [2.05, 4.69) is 0 Å². The molecular formula is C9H14N2O2. The van der Waals surface area contributed by atoms with Crippen molar-refractivity contribution in [3.63, 3.8) is 0 Å². The summed E-state index contributed by atoms with van der Waals surface area (Å²) in [6.45, 7) is 1.88. The number of phenolic OH excluding ortho intramolecular Hbond substituents is 2. The van der Waals surface area contributed by atoms with Crippen LogP contribution in [0, 0.1) is 0 Å². The summed E-state index contributed by atoms with van der Waals surface area (Å²) >= 11 is 0. The van der Waals surface area contributed by atoms with Gasteiger partial charge in [-0.1, -0.05) is 6.92 Å². The van der Waals surface area contributed by atoms with Gasteiger partial charge >= 0.3 is 0 Å². The van der Waals surface area contributed by atoms with Crippen molar-refractivity contribution in [2.45, 2.75) is 19.4 Å². The highest BCUT2D eigenvalue weighted by atomic mass is 16.3. The van der Waals surface area contributed by atoms with E-state index in [1.807, 2.05) is 6.92 Å². The molecule has 0 bridgehead atoms. The number of phenols is 2. The van der Waals surface area contributed by atoms with Crippen LogP contribution < -0.4 is 11.5 Å². The molecule has 0 saturated carbocycles. The maximum atomic E-state index is 9.45. The second kappa shape index (κ2) is 3.53. The monoisotopic (exact) mass is 182 g/mol. The van der Waals surface area contributed by atoms with Crippen LogP contribution in [0.4, 0.5) is 5.69 Å². The van der Waals surface area contributed by atoms with Crippen molar-refractivity contribution >= 4 is 5.69 Å². The summed E-state index contributed by atoms with van der Waals surface area (Å²) < 4.78 is 0. The number of hydrogen-bond donors (Lipinski definition) is 4. The average molecular weight is 182 g/mol. The Morgan fingerprint density at radius 3 is 2.38 bits per heavy atom. The van der Waals surface area contributed by atoms with E-state index in [1.165, 1.54) is 12.1 Å². The van der Waals surface area contributed by atoms with E-state index in [0.29, 0.717) is 12.0 Å². The molecule has 0 saturated heterocycles. The van der Waals surface area contributed by atoms with Gasteiger partial charge < -0.3 is 21.7 Å². The molecule has 1 rings (SSSR count). The van der Waals surface area contributed by atoms with E-state index in [1.54, 1.807) is 0 Å². The fraction of sp³-hybridized carbons (Fsp3) is 0.333. The third-order valence-electron chi connectivity index (χ3n) is 2.05. The fourth-order valence-electron chi connectivity index (χ4n) is 1.21. The molecule has 0 unspecified atom stereocenters. The SMILES string of the molecule is CC[C@@H](N)c1c(O)ccc(O)c1N. The van der Waals surface area contributed by atoms with E-state index in [0.717, 1.165) is 0 Å². The number of anilines is 1. The predicted octanol–water partition coefficient (Wildman–Crippen LogP) is 1.09. The molecule has 1 aromatic carbocycles. The Hall–Kier alpha value is -1.42. The molecule has 0 spiro atoms. The first-order valence-corrected chi connectivity index (χ1v) is 4.13. The van der Waals surface area contributed by atoms with E-state index in [4.69, 9.17) is 11.5 Å². The minimum Gasteiger partial charge on any atom is -0.508 e. The summed E-state index contributed by atoms with van der Waals surface area (Å²) in [6.07, 6.45) is 0.654. The number of aromatic hydroxyl groups is 2. The molecule has 4 nitrogen and oxygen atoms in total. The molecule has 0 aliphatic carbocycles. The third-order valence-corrected chi connectivity index (χ3v) is 2.05. The number of rotatable bonds is 2. The van der Waals surface area contributed by atoms with Crippen molar-refractivity contribution in [3.05, 3.63) is 17.7 Å². The van der Waals surface area contributed by atoms with Gasteiger partial charge in [-0.15, -0.1) is 0 Å². The molecule has 72 valence electrons. The number of hydrogen-bond acceptors (Lipinski definition) is 4. The Bertz CT molecular complexity index is 313. The van der Waals surface area contributed by atoms with E-state index < -0.39 is 0 Å². The van der Waals surface area contributed by atoms with Gasteiger partial charge in [0.2, 0.25) is 0 Å². The van der Waals surface area contributed by atoms with Crippen LogP contribution in [-0.4, -0.2) is 10.2 Å². The normalized spacial score (nSPS) is 12.8. The summed E-state index contributed by atoms with van der Waals surface area (Å²) in [5.74, 6) is -0.0126. The lowest BCUT2D eigenvalue weighted by atomic mass is 10.0. The first kappa shape index (κ1) is 9.67. The maximum Gasteiger partial charge on any atom is 0.139 e. The average Bonchev–Trinajstić information content (AvgIpc) is 2.12. The van der Waals surface area contributed by atoms with Gasteiger partial charge in [0.1, 0.15) is 11.5 Å². The molecule has 6 N–H and O–H groups in total. The number of benzene rings is 1. The van der Waals surface area contributed by atoms with Crippen LogP contribution in [0.3, 0.4) is 0 Å². The van der Waals surface area contributed by atoms with Gasteiger partial charge in [0, 0.05) is 11.6 Å². The summed E-state index contributed by atoms with van der Waals surface area (Å²) in [5, 5.41) is 18.7. The minimum atomic E-state index is -0.341. The highest BCUT2D eigenvalue weighted by molar-refractivity contribution is 5.63. The van der Waals surface area contributed by atoms with Gasteiger partial charge in [0.15, 0.2) is 0 Å². The summed E-state index contributed by atoms with van der Waals surface area (Å²) in [4.78, 5) is 0. The molecule has 0 fully saturated rings. The standard InChI is InChI=1S/C9H14N2O2/c1-2-5(10)8-6(12)3-4-7(13)9(8)11/h3-5,12-13H,2,10-11H2,1H3/t5-/m1/s1. The Kier molecular flexibility index (Phi) is 2.63. The first-order chi connectivity index (χ1) is 6.07. The number of nitrogen functional groups attached to an aromatic ring is 1. The van der Waals surface area contributed by atoms with Crippen molar-refractivity contribution in [1.29, 1.82) is 0 Å².